The van der Waals surface area contributed by atoms with Crippen LogP contribution >= 0.6 is 23.5 Å². The molecule has 0 spiro atoms. The van der Waals surface area contributed by atoms with Gasteiger partial charge in [-0.25, -0.2) is 0 Å². The summed E-state index contributed by atoms with van der Waals surface area (Å²) < 4.78 is 0. The van der Waals surface area contributed by atoms with Crippen molar-refractivity contribution in [2.24, 2.45) is 0 Å². The van der Waals surface area contributed by atoms with Crippen molar-refractivity contribution >= 4 is 23.5 Å². The van der Waals surface area contributed by atoms with Gasteiger partial charge in [0.05, 0.1) is 0 Å². The van der Waals surface area contributed by atoms with Crippen LogP contribution in [-0.4, -0.2) is 20.7 Å². The number of thioether (sulfide) groups is 2. The average molecular weight is 821 g/mol. The third kappa shape index (κ3) is 10.7. The summed E-state index contributed by atoms with van der Waals surface area (Å²) >= 11 is 4.11. The van der Waals surface area contributed by atoms with Gasteiger partial charge in [-0.05, 0) is 104 Å². The van der Waals surface area contributed by atoms with E-state index in [-0.39, 0.29) is 10.8 Å². The number of hydrogen-bond acceptors (Lipinski definition) is 4. The molecule has 2 atom stereocenters. The molecule has 4 aromatic carbocycles. The number of phenols is 2. The second kappa shape index (κ2) is 19.3. The van der Waals surface area contributed by atoms with E-state index in [1.807, 2.05) is 0 Å². The Hall–Kier alpha value is -2.82. The van der Waals surface area contributed by atoms with Gasteiger partial charge in [0.1, 0.15) is 11.5 Å². The van der Waals surface area contributed by atoms with Crippen molar-refractivity contribution in [3.8, 4) is 33.8 Å². The second-order valence-corrected chi connectivity index (χ2v) is 23.0. The highest BCUT2D eigenvalue weighted by molar-refractivity contribution is 8.03. The summed E-state index contributed by atoms with van der Waals surface area (Å²) in [5, 5.41) is 25.5. The molecule has 1 saturated carbocycles. The third-order valence-corrected chi connectivity index (χ3v) is 15.6. The molecule has 0 aromatic heterocycles. The van der Waals surface area contributed by atoms with E-state index in [0.29, 0.717) is 45.7 Å². The predicted octanol–water partition coefficient (Wildman–Crippen LogP) is 16.8. The highest BCUT2D eigenvalue weighted by Crippen LogP contribution is 2.48. The van der Waals surface area contributed by atoms with Crippen LogP contribution in [0.3, 0.4) is 0 Å². The lowest BCUT2D eigenvalue weighted by atomic mass is 9.80. The molecule has 5 rings (SSSR count). The van der Waals surface area contributed by atoms with Gasteiger partial charge in [-0.15, -0.1) is 0 Å². The fourth-order valence-corrected chi connectivity index (χ4v) is 11.8. The molecule has 0 bridgehead atoms. The lowest BCUT2D eigenvalue weighted by Gasteiger charge is -2.30. The number of aromatic hydroxyl groups is 2. The number of phenolic OH excluding ortho intramolecular Hbond substituents is 2. The molecule has 0 saturated heterocycles. The summed E-state index contributed by atoms with van der Waals surface area (Å²) in [5.74, 6) is 3.85. The van der Waals surface area contributed by atoms with Gasteiger partial charge in [0, 0.05) is 44.3 Å². The van der Waals surface area contributed by atoms with Gasteiger partial charge in [-0.3, -0.25) is 0 Å². The van der Waals surface area contributed by atoms with Crippen molar-refractivity contribution in [3.63, 3.8) is 0 Å². The molecule has 4 heteroatoms. The van der Waals surface area contributed by atoms with Gasteiger partial charge in [-0.2, -0.15) is 23.5 Å². The molecule has 0 amide bonds. The number of rotatable bonds is 12. The summed E-state index contributed by atoms with van der Waals surface area (Å²) in [4.78, 5) is 0. The smallest absolute Gasteiger partial charge is 0.127 e. The van der Waals surface area contributed by atoms with Crippen LogP contribution in [0.1, 0.15) is 204 Å². The minimum Gasteiger partial charge on any atom is -0.507 e. The Labute approximate surface area is 362 Å². The Morgan fingerprint density at radius 2 is 0.810 bits per heavy atom. The lowest BCUT2D eigenvalue weighted by Crippen LogP contribution is -2.22. The van der Waals surface area contributed by atoms with E-state index >= 15 is 0 Å². The Bertz CT molecular complexity index is 1810. The van der Waals surface area contributed by atoms with Crippen molar-refractivity contribution in [2.75, 3.05) is 0 Å². The average Bonchev–Trinajstić information content (AvgIpc) is 3.13. The molecule has 1 unspecified atom stereocenters. The maximum Gasteiger partial charge on any atom is 0.127 e. The van der Waals surface area contributed by atoms with Gasteiger partial charge in [0.25, 0.3) is 0 Å². The summed E-state index contributed by atoms with van der Waals surface area (Å²) in [6.07, 6.45) is 7.43. The summed E-state index contributed by atoms with van der Waals surface area (Å²) in [6.45, 7) is 31.9. The first-order valence-corrected chi connectivity index (χ1v) is 24.5. The van der Waals surface area contributed by atoms with Crippen LogP contribution in [0.4, 0.5) is 0 Å². The molecule has 316 valence electrons. The Kier molecular flexibility index (Phi) is 15.4. The highest BCUT2D eigenvalue weighted by atomic mass is 32.2. The highest BCUT2D eigenvalue weighted by Gasteiger charge is 2.29. The van der Waals surface area contributed by atoms with Crippen LogP contribution in [0.2, 0.25) is 0 Å². The molecule has 0 heterocycles. The SMILES string of the molecule is CC(C)c1cccc(C(C)C)c1-c1cc(C(C)(C)C)cc(CSC2CCCCCC[C@@H]2SCc2cc(C(C)(C)C)cc(-c3c(C(C)C)cccc3C(C)C)c2O)c1O. The first kappa shape index (κ1) is 46.2. The quantitative estimate of drug-likeness (QED) is 0.149. The van der Waals surface area contributed by atoms with Crippen molar-refractivity contribution in [3.05, 3.63) is 105 Å². The Balaban J connectivity index is 1.52. The van der Waals surface area contributed by atoms with E-state index in [9.17, 15) is 10.2 Å². The minimum absolute atomic E-state index is 0.0562. The van der Waals surface area contributed by atoms with Gasteiger partial charge in [0.2, 0.25) is 0 Å². The first-order valence-electron chi connectivity index (χ1n) is 22.4. The van der Waals surface area contributed by atoms with E-state index in [4.69, 9.17) is 0 Å². The fraction of sp³-hybridized carbons (Fsp3) is 0.556. The molecule has 1 aliphatic carbocycles. The zero-order valence-electron chi connectivity index (χ0n) is 38.6. The van der Waals surface area contributed by atoms with Crippen molar-refractivity contribution < 1.29 is 10.2 Å². The second-order valence-electron chi connectivity index (χ2n) is 20.5. The van der Waals surface area contributed by atoms with Crippen LogP contribution < -0.4 is 0 Å². The van der Waals surface area contributed by atoms with Gasteiger partial charge in [-0.1, -0.05) is 171 Å². The minimum atomic E-state index is -0.0562. The largest absolute Gasteiger partial charge is 0.507 e. The van der Waals surface area contributed by atoms with E-state index in [1.165, 1.54) is 83.0 Å². The van der Waals surface area contributed by atoms with E-state index in [0.717, 1.165) is 33.8 Å². The van der Waals surface area contributed by atoms with Crippen molar-refractivity contribution in [1.82, 2.24) is 0 Å². The van der Waals surface area contributed by atoms with Gasteiger partial charge < -0.3 is 10.2 Å². The van der Waals surface area contributed by atoms with Crippen LogP contribution in [0.15, 0.2) is 60.7 Å². The van der Waals surface area contributed by atoms with Crippen molar-refractivity contribution in [2.45, 2.75) is 192 Å². The maximum absolute atomic E-state index is 12.3. The molecular weight excluding hydrogens is 745 g/mol. The number of benzene rings is 4. The normalized spacial score (nSPS) is 17.1. The molecular formula is C54H76O2S2. The standard InChI is InChI=1S/C54H76O2S2/c1-33(2)41-21-19-22-42(34(3)4)49(41)45-29-39(53(9,10)11)27-37(51(45)55)31-57-47-25-17-15-16-18-26-48(47)58-32-38-28-40(54(12,13)14)30-46(52(38)56)50-43(35(5)6)23-20-24-44(50)36(7)8/h19-24,27-30,33-36,47-48,55-56H,15-18,25-26,31-32H2,1-14H3/t47-,48?/m0/s1. The number of hydrogen-bond donors (Lipinski definition) is 2. The predicted molar refractivity (Wildman–Crippen MR) is 259 cm³/mol. The van der Waals surface area contributed by atoms with Gasteiger partial charge in [0.15, 0.2) is 0 Å². The Morgan fingerprint density at radius 1 is 0.500 bits per heavy atom. The topological polar surface area (TPSA) is 40.5 Å². The Morgan fingerprint density at radius 3 is 1.09 bits per heavy atom. The fourth-order valence-electron chi connectivity index (χ4n) is 8.77. The van der Waals surface area contributed by atoms with Crippen molar-refractivity contribution in [1.29, 1.82) is 0 Å². The van der Waals surface area contributed by atoms with Crippen LogP contribution in [0, 0.1) is 0 Å². The van der Waals surface area contributed by atoms with Crippen LogP contribution in [0.5, 0.6) is 11.5 Å². The summed E-state index contributed by atoms with van der Waals surface area (Å²) in [5.41, 5.74) is 14.2. The van der Waals surface area contributed by atoms with E-state index in [2.05, 4.69) is 181 Å². The van der Waals surface area contributed by atoms with E-state index in [1.54, 1.807) is 0 Å². The van der Waals surface area contributed by atoms with Gasteiger partial charge >= 0.3 is 0 Å². The monoisotopic (exact) mass is 821 g/mol. The first-order chi connectivity index (χ1) is 27.2. The molecule has 2 nitrogen and oxygen atoms in total. The molecule has 1 aliphatic rings. The molecule has 2 N–H and O–H groups in total. The van der Waals surface area contributed by atoms with E-state index < -0.39 is 0 Å². The maximum atomic E-state index is 12.3. The molecule has 1 fully saturated rings. The summed E-state index contributed by atoms with van der Waals surface area (Å²) in [6, 6.07) is 22.5. The lowest BCUT2D eigenvalue weighted by molar-refractivity contribution is 0.470. The molecule has 0 aliphatic heterocycles. The van der Waals surface area contributed by atoms with Crippen LogP contribution in [0.25, 0.3) is 22.3 Å². The zero-order valence-corrected chi connectivity index (χ0v) is 40.2. The molecule has 58 heavy (non-hydrogen) atoms. The molecule has 0 radical (unpaired) electrons. The summed E-state index contributed by atoms with van der Waals surface area (Å²) in [7, 11) is 0. The third-order valence-electron chi connectivity index (χ3n) is 12.4. The zero-order chi connectivity index (χ0) is 42.7. The molecule has 4 aromatic rings. The van der Waals surface area contributed by atoms with Crippen LogP contribution in [-0.2, 0) is 22.3 Å².